The van der Waals surface area contributed by atoms with Crippen molar-refractivity contribution < 1.29 is 4.74 Å². The van der Waals surface area contributed by atoms with E-state index in [9.17, 15) is 0 Å². The monoisotopic (exact) mass is 369 g/mol. The molecule has 25 heavy (non-hydrogen) atoms. The van der Waals surface area contributed by atoms with Gasteiger partial charge in [0.05, 0.1) is 11.9 Å². The van der Waals surface area contributed by atoms with Crippen LogP contribution in [0.2, 0.25) is 5.02 Å². The summed E-state index contributed by atoms with van der Waals surface area (Å²) in [6.45, 7) is 4.12. The predicted molar refractivity (Wildman–Crippen MR) is 106 cm³/mol. The molecule has 0 aliphatic rings. The van der Waals surface area contributed by atoms with Crippen molar-refractivity contribution in [2.24, 2.45) is 5.10 Å². The van der Waals surface area contributed by atoms with Crippen molar-refractivity contribution in [3.8, 4) is 17.0 Å². The molecule has 0 amide bonds. The van der Waals surface area contributed by atoms with Gasteiger partial charge in [-0.05, 0) is 42.0 Å². The summed E-state index contributed by atoms with van der Waals surface area (Å²) in [5, 5.41) is 7.64. The number of nitrogens with zero attached hydrogens (tertiary/aromatic N) is 2. The molecule has 0 saturated heterocycles. The zero-order chi connectivity index (χ0) is 17.5. The first-order valence-electron chi connectivity index (χ1n) is 7.59. The maximum absolute atomic E-state index is 5.90. The first kappa shape index (κ1) is 17.2. The van der Waals surface area contributed by atoms with Gasteiger partial charge in [0.25, 0.3) is 0 Å². The largest absolute Gasteiger partial charge is 0.490 e. The van der Waals surface area contributed by atoms with E-state index in [2.05, 4.69) is 22.1 Å². The third-order valence-corrected chi connectivity index (χ3v) is 4.26. The highest BCUT2D eigenvalue weighted by Crippen LogP contribution is 2.25. The number of rotatable bonds is 7. The second-order valence-electron chi connectivity index (χ2n) is 5.08. The maximum Gasteiger partial charge on any atom is 0.203 e. The van der Waals surface area contributed by atoms with Crippen LogP contribution in [-0.2, 0) is 0 Å². The molecular weight excluding hydrogens is 354 g/mol. The van der Waals surface area contributed by atoms with E-state index in [4.69, 9.17) is 16.3 Å². The van der Waals surface area contributed by atoms with Gasteiger partial charge < -0.3 is 4.74 Å². The fourth-order valence-corrected chi connectivity index (χ4v) is 2.84. The summed E-state index contributed by atoms with van der Waals surface area (Å²) in [4.78, 5) is 4.51. The number of nitrogens with one attached hydrogen (secondary N) is 1. The fraction of sp³-hybridized carbons (Fsp3) is 0.0526. The van der Waals surface area contributed by atoms with Crippen molar-refractivity contribution in [3.05, 3.63) is 77.2 Å². The summed E-state index contributed by atoms with van der Waals surface area (Å²) >= 11 is 7.40. The molecule has 0 unspecified atom stereocenters. The molecule has 126 valence electrons. The van der Waals surface area contributed by atoms with E-state index in [1.807, 2.05) is 53.9 Å². The van der Waals surface area contributed by atoms with Gasteiger partial charge in [-0.2, -0.15) is 5.10 Å². The molecule has 0 spiro atoms. The van der Waals surface area contributed by atoms with E-state index in [0.717, 1.165) is 27.7 Å². The van der Waals surface area contributed by atoms with Crippen LogP contribution < -0.4 is 10.2 Å². The molecule has 4 nitrogen and oxygen atoms in total. The van der Waals surface area contributed by atoms with Crippen molar-refractivity contribution in [1.29, 1.82) is 0 Å². The summed E-state index contributed by atoms with van der Waals surface area (Å²) in [5.74, 6) is 0.803. The molecule has 1 heterocycles. The zero-order valence-corrected chi connectivity index (χ0v) is 14.9. The summed E-state index contributed by atoms with van der Waals surface area (Å²) in [5.41, 5.74) is 5.83. The first-order valence-corrected chi connectivity index (χ1v) is 8.84. The Hall–Kier alpha value is -2.63. The molecule has 3 rings (SSSR count). The van der Waals surface area contributed by atoms with Crippen molar-refractivity contribution in [2.45, 2.75) is 0 Å². The Morgan fingerprint density at radius 3 is 2.64 bits per heavy atom. The molecule has 6 heteroatoms. The summed E-state index contributed by atoms with van der Waals surface area (Å²) < 4.78 is 5.44. The second kappa shape index (κ2) is 8.46. The second-order valence-corrected chi connectivity index (χ2v) is 6.38. The number of hydrazone groups is 1. The van der Waals surface area contributed by atoms with E-state index in [1.165, 1.54) is 11.3 Å². The number of hydrogen-bond donors (Lipinski definition) is 1. The Kier molecular flexibility index (Phi) is 5.82. The Labute approximate surface area is 155 Å². The SMILES string of the molecule is C=CCOc1ccc(/C=N\Nc2nc(-c3ccc(Cl)cc3)cs2)cc1. The van der Waals surface area contributed by atoms with Crippen LogP contribution in [0.4, 0.5) is 5.13 Å². The number of halogens is 1. The predicted octanol–water partition coefficient (Wildman–Crippen LogP) is 5.47. The van der Waals surface area contributed by atoms with Gasteiger partial charge in [-0.25, -0.2) is 4.98 Å². The Morgan fingerprint density at radius 2 is 1.92 bits per heavy atom. The van der Waals surface area contributed by atoms with Crippen molar-refractivity contribution in [2.75, 3.05) is 12.0 Å². The lowest BCUT2D eigenvalue weighted by atomic mass is 10.2. The van der Waals surface area contributed by atoms with Crippen LogP contribution in [0.25, 0.3) is 11.3 Å². The molecule has 0 radical (unpaired) electrons. The molecule has 0 saturated carbocycles. The van der Waals surface area contributed by atoms with Gasteiger partial charge in [0.1, 0.15) is 12.4 Å². The highest BCUT2D eigenvalue weighted by Gasteiger charge is 2.03. The quantitative estimate of drug-likeness (QED) is 0.341. The normalized spacial score (nSPS) is 10.8. The Morgan fingerprint density at radius 1 is 1.16 bits per heavy atom. The molecule has 0 fully saturated rings. The van der Waals surface area contributed by atoms with Crippen LogP contribution >= 0.6 is 22.9 Å². The number of aromatic nitrogens is 1. The van der Waals surface area contributed by atoms with Crippen LogP contribution in [0, 0.1) is 0 Å². The summed E-state index contributed by atoms with van der Waals surface area (Å²) in [7, 11) is 0. The molecular formula is C19H16ClN3OS. The summed E-state index contributed by atoms with van der Waals surface area (Å²) in [6, 6.07) is 15.3. The minimum absolute atomic E-state index is 0.495. The molecule has 1 N–H and O–H groups in total. The van der Waals surface area contributed by atoms with Gasteiger partial charge >= 0.3 is 0 Å². The first-order chi connectivity index (χ1) is 12.2. The lowest BCUT2D eigenvalue weighted by molar-refractivity contribution is 0.363. The average Bonchev–Trinajstić information content (AvgIpc) is 3.10. The van der Waals surface area contributed by atoms with Crippen LogP contribution in [-0.4, -0.2) is 17.8 Å². The third-order valence-electron chi connectivity index (χ3n) is 3.27. The van der Waals surface area contributed by atoms with E-state index in [0.29, 0.717) is 11.6 Å². The van der Waals surface area contributed by atoms with Gasteiger partial charge in [0, 0.05) is 16.0 Å². The van der Waals surface area contributed by atoms with E-state index < -0.39 is 0 Å². The maximum atomic E-state index is 5.90. The molecule has 0 aliphatic carbocycles. The van der Waals surface area contributed by atoms with E-state index in [1.54, 1.807) is 12.3 Å². The topological polar surface area (TPSA) is 46.5 Å². The molecule has 3 aromatic rings. The standard InChI is InChI=1S/C19H16ClN3OS/c1-2-11-24-17-9-3-14(4-10-17)12-21-23-19-22-18(13-25-19)15-5-7-16(20)8-6-15/h2-10,12-13H,1,11H2,(H,22,23)/b21-12-. The van der Waals surface area contributed by atoms with Gasteiger partial charge in [0.2, 0.25) is 5.13 Å². The average molecular weight is 370 g/mol. The number of anilines is 1. The lowest BCUT2D eigenvalue weighted by Crippen LogP contribution is -1.93. The van der Waals surface area contributed by atoms with E-state index >= 15 is 0 Å². The van der Waals surface area contributed by atoms with Gasteiger partial charge in [0.15, 0.2) is 0 Å². The molecule has 2 aromatic carbocycles. The lowest BCUT2D eigenvalue weighted by Gasteiger charge is -2.02. The minimum atomic E-state index is 0.495. The molecule has 0 bridgehead atoms. The van der Waals surface area contributed by atoms with Gasteiger partial charge in [-0.15, -0.1) is 11.3 Å². The van der Waals surface area contributed by atoms with E-state index in [-0.39, 0.29) is 0 Å². The Balaban J connectivity index is 1.59. The third kappa shape index (κ3) is 4.92. The minimum Gasteiger partial charge on any atom is -0.490 e. The van der Waals surface area contributed by atoms with Crippen molar-refractivity contribution in [3.63, 3.8) is 0 Å². The number of ether oxygens (including phenoxy) is 1. The molecule has 0 atom stereocenters. The van der Waals surface area contributed by atoms with Crippen LogP contribution in [0.1, 0.15) is 5.56 Å². The molecule has 0 aliphatic heterocycles. The van der Waals surface area contributed by atoms with Crippen molar-refractivity contribution in [1.82, 2.24) is 4.98 Å². The van der Waals surface area contributed by atoms with Crippen LogP contribution in [0.15, 0.2) is 71.7 Å². The van der Waals surface area contributed by atoms with Crippen molar-refractivity contribution >= 4 is 34.3 Å². The fourth-order valence-electron chi connectivity index (χ4n) is 2.05. The summed E-state index contributed by atoms with van der Waals surface area (Å²) in [6.07, 6.45) is 3.45. The number of thiazole rings is 1. The number of benzene rings is 2. The highest BCUT2D eigenvalue weighted by atomic mass is 35.5. The Bertz CT molecular complexity index is 857. The molecule has 1 aromatic heterocycles. The smallest absolute Gasteiger partial charge is 0.203 e. The van der Waals surface area contributed by atoms with Gasteiger partial charge in [-0.3, -0.25) is 5.43 Å². The number of hydrogen-bond acceptors (Lipinski definition) is 5. The zero-order valence-electron chi connectivity index (χ0n) is 13.4. The highest BCUT2D eigenvalue weighted by molar-refractivity contribution is 7.14. The van der Waals surface area contributed by atoms with Gasteiger partial charge in [-0.1, -0.05) is 36.4 Å². The van der Waals surface area contributed by atoms with Crippen LogP contribution in [0.3, 0.4) is 0 Å². The van der Waals surface area contributed by atoms with Crippen LogP contribution in [0.5, 0.6) is 5.75 Å².